The molecule has 1 atom stereocenters. The highest BCUT2D eigenvalue weighted by Gasteiger charge is 2.39. The molecular weight excluding hydrogens is 360 g/mol. The first-order chi connectivity index (χ1) is 12.6. The summed E-state index contributed by atoms with van der Waals surface area (Å²) in [7, 11) is -3.66. The topological polar surface area (TPSA) is 68.1 Å². The summed E-state index contributed by atoms with van der Waals surface area (Å²) in [5.41, 5.74) is 1.23. The lowest BCUT2D eigenvalue weighted by molar-refractivity contribution is 0.255. The van der Waals surface area contributed by atoms with E-state index in [0.717, 1.165) is 24.8 Å². The third-order valence-electron chi connectivity index (χ3n) is 5.05. The van der Waals surface area contributed by atoms with Crippen LogP contribution in [0.1, 0.15) is 77.2 Å². The van der Waals surface area contributed by atoms with Crippen LogP contribution in [-0.2, 0) is 15.4 Å². The molecule has 0 aromatic carbocycles. The van der Waals surface area contributed by atoms with Gasteiger partial charge >= 0.3 is 0 Å². The van der Waals surface area contributed by atoms with Gasteiger partial charge in [0, 0.05) is 36.6 Å². The zero-order valence-electron chi connectivity index (χ0n) is 16.9. The Morgan fingerprint density at radius 1 is 1.22 bits per heavy atom. The molecule has 1 saturated heterocycles. The quantitative estimate of drug-likeness (QED) is 0.789. The monoisotopic (exact) mass is 390 g/mol. The lowest BCUT2D eigenvalue weighted by Crippen LogP contribution is -2.39. The number of sulfonamides is 1. The first-order valence-corrected chi connectivity index (χ1v) is 11.1. The van der Waals surface area contributed by atoms with Crippen LogP contribution in [0.3, 0.4) is 0 Å². The van der Waals surface area contributed by atoms with Gasteiger partial charge in [-0.1, -0.05) is 33.3 Å². The molecule has 148 valence electrons. The van der Waals surface area contributed by atoms with Crippen molar-refractivity contribution in [1.82, 2.24) is 19.1 Å². The number of hydrogen-bond acceptors (Lipinski definition) is 4. The standard InChI is InChI=1S/C20H30N4O2S/c1-15(2)23-14-18(19(22-23)20(3,4)5)27(25,26)24-12-7-6-10-17(24)16-9-8-11-21-13-16/h8-9,11,13-15,17H,6-7,10,12H2,1-5H3. The highest BCUT2D eigenvalue weighted by molar-refractivity contribution is 7.89. The average Bonchev–Trinajstić information content (AvgIpc) is 3.09. The molecule has 2 aromatic heterocycles. The summed E-state index contributed by atoms with van der Waals surface area (Å²) in [6, 6.07) is 3.76. The Bertz CT molecular complexity index is 882. The molecule has 0 amide bonds. The summed E-state index contributed by atoms with van der Waals surface area (Å²) in [6.07, 6.45) is 7.90. The fourth-order valence-electron chi connectivity index (χ4n) is 3.57. The molecule has 1 unspecified atom stereocenters. The van der Waals surface area contributed by atoms with Crippen molar-refractivity contribution in [3.63, 3.8) is 0 Å². The molecule has 0 aliphatic carbocycles. The molecule has 1 aliphatic heterocycles. The molecule has 1 fully saturated rings. The summed E-state index contributed by atoms with van der Waals surface area (Å²) >= 11 is 0. The number of rotatable bonds is 4. The SMILES string of the molecule is CC(C)n1cc(S(=O)(=O)N2CCCCC2c2cccnc2)c(C(C)(C)C)n1. The molecule has 0 spiro atoms. The fourth-order valence-corrected chi connectivity index (χ4v) is 5.59. The van der Waals surface area contributed by atoms with Crippen molar-refractivity contribution in [2.75, 3.05) is 6.54 Å². The predicted molar refractivity (Wildman–Crippen MR) is 106 cm³/mol. The van der Waals surface area contributed by atoms with Crippen LogP contribution in [0.25, 0.3) is 0 Å². The normalized spacial score (nSPS) is 19.6. The molecule has 0 bridgehead atoms. The Kier molecular flexibility index (Phi) is 5.45. The highest BCUT2D eigenvalue weighted by atomic mass is 32.2. The van der Waals surface area contributed by atoms with E-state index < -0.39 is 10.0 Å². The zero-order chi connectivity index (χ0) is 19.8. The molecular formula is C20H30N4O2S. The summed E-state index contributed by atoms with van der Waals surface area (Å²) in [6.45, 7) is 10.6. The summed E-state index contributed by atoms with van der Waals surface area (Å²) in [5.74, 6) is 0. The van der Waals surface area contributed by atoms with Gasteiger partial charge in [0.15, 0.2) is 0 Å². The molecule has 0 saturated carbocycles. The van der Waals surface area contributed by atoms with Crippen LogP contribution in [0, 0.1) is 0 Å². The number of hydrogen-bond donors (Lipinski definition) is 0. The van der Waals surface area contributed by atoms with Crippen molar-refractivity contribution in [2.45, 2.75) is 76.3 Å². The molecule has 3 heterocycles. The van der Waals surface area contributed by atoms with Gasteiger partial charge in [0.25, 0.3) is 0 Å². The van der Waals surface area contributed by atoms with Crippen LogP contribution in [0.15, 0.2) is 35.6 Å². The molecule has 0 N–H and O–H groups in total. The van der Waals surface area contributed by atoms with Gasteiger partial charge in [-0.25, -0.2) is 8.42 Å². The maximum atomic E-state index is 13.7. The minimum atomic E-state index is -3.66. The van der Waals surface area contributed by atoms with Gasteiger partial charge in [-0.05, 0) is 38.3 Å². The summed E-state index contributed by atoms with van der Waals surface area (Å²) in [4.78, 5) is 4.53. The molecule has 1 aliphatic rings. The first-order valence-electron chi connectivity index (χ1n) is 9.64. The van der Waals surface area contributed by atoms with Crippen molar-refractivity contribution in [1.29, 1.82) is 0 Å². The molecule has 6 nitrogen and oxygen atoms in total. The maximum Gasteiger partial charge on any atom is 0.247 e. The van der Waals surface area contributed by atoms with Gasteiger partial charge in [-0.2, -0.15) is 9.40 Å². The van der Waals surface area contributed by atoms with Crippen LogP contribution in [0.2, 0.25) is 0 Å². The number of piperidine rings is 1. The Balaban J connectivity index is 2.10. The van der Waals surface area contributed by atoms with Crippen molar-refractivity contribution in [3.05, 3.63) is 42.0 Å². The van der Waals surface area contributed by atoms with E-state index in [0.29, 0.717) is 17.1 Å². The average molecular weight is 391 g/mol. The minimum absolute atomic E-state index is 0.102. The fraction of sp³-hybridized carbons (Fsp3) is 0.600. The smallest absolute Gasteiger partial charge is 0.247 e. The molecule has 27 heavy (non-hydrogen) atoms. The lowest BCUT2D eigenvalue weighted by atomic mass is 9.92. The second kappa shape index (κ2) is 7.36. The van der Waals surface area contributed by atoms with Crippen LogP contribution >= 0.6 is 0 Å². The van der Waals surface area contributed by atoms with Gasteiger partial charge in [0.2, 0.25) is 10.0 Å². The maximum absolute atomic E-state index is 13.7. The predicted octanol–water partition coefficient (Wildman–Crippen LogP) is 4.07. The van der Waals surface area contributed by atoms with Crippen LogP contribution < -0.4 is 0 Å². The Morgan fingerprint density at radius 2 is 1.96 bits per heavy atom. The van der Waals surface area contributed by atoms with Gasteiger partial charge < -0.3 is 0 Å². The highest BCUT2D eigenvalue weighted by Crippen LogP contribution is 2.38. The largest absolute Gasteiger partial charge is 0.269 e. The van der Waals surface area contributed by atoms with Crippen LogP contribution in [0.4, 0.5) is 0 Å². The Labute approximate surface area is 162 Å². The second-order valence-corrected chi connectivity index (χ2v) is 10.4. The van der Waals surface area contributed by atoms with Gasteiger partial charge in [-0.15, -0.1) is 0 Å². The Hall–Kier alpha value is -1.73. The van der Waals surface area contributed by atoms with E-state index in [-0.39, 0.29) is 17.5 Å². The third kappa shape index (κ3) is 3.94. The first kappa shape index (κ1) is 20.0. The van der Waals surface area contributed by atoms with Crippen molar-refractivity contribution in [3.8, 4) is 0 Å². The van der Waals surface area contributed by atoms with Crippen LogP contribution in [-0.4, -0.2) is 34.0 Å². The molecule has 3 rings (SSSR count). The van der Waals surface area contributed by atoms with Crippen molar-refractivity contribution >= 4 is 10.0 Å². The Morgan fingerprint density at radius 3 is 2.56 bits per heavy atom. The zero-order valence-corrected chi connectivity index (χ0v) is 17.7. The van der Waals surface area contributed by atoms with E-state index in [1.165, 1.54) is 0 Å². The van der Waals surface area contributed by atoms with Crippen molar-refractivity contribution in [2.24, 2.45) is 0 Å². The van der Waals surface area contributed by atoms with E-state index >= 15 is 0 Å². The number of pyridine rings is 1. The van der Waals surface area contributed by atoms with Crippen molar-refractivity contribution < 1.29 is 8.42 Å². The summed E-state index contributed by atoms with van der Waals surface area (Å²) in [5, 5.41) is 4.64. The van der Waals surface area contributed by atoms with E-state index in [9.17, 15) is 8.42 Å². The minimum Gasteiger partial charge on any atom is -0.269 e. The third-order valence-corrected chi connectivity index (χ3v) is 6.96. The number of nitrogens with zero attached hydrogens (tertiary/aromatic N) is 4. The molecule has 2 aromatic rings. The van der Waals surface area contributed by atoms with E-state index in [1.54, 1.807) is 27.6 Å². The van der Waals surface area contributed by atoms with Gasteiger partial charge in [0.1, 0.15) is 4.90 Å². The van der Waals surface area contributed by atoms with E-state index in [4.69, 9.17) is 0 Å². The lowest BCUT2D eigenvalue weighted by Gasteiger charge is -2.35. The van der Waals surface area contributed by atoms with E-state index in [1.807, 2.05) is 46.8 Å². The second-order valence-electron chi connectivity index (χ2n) is 8.58. The van der Waals surface area contributed by atoms with Gasteiger partial charge in [0.05, 0.1) is 11.7 Å². The molecule has 7 heteroatoms. The number of aromatic nitrogens is 3. The van der Waals surface area contributed by atoms with E-state index in [2.05, 4.69) is 10.1 Å². The summed E-state index contributed by atoms with van der Waals surface area (Å²) < 4.78 is 30.9. The van der Waals surface area contributed by atoms with Crippen LogP contribution in [0.5, 0.6) is 0 Å². The van der Waals surface area contributed by atoms with Gasteiger partial charge in [-0.3, -0.25) is 9.67 Å². The molecule has 0 radical (unpaired) electrons.